The Hall–Kier alpha value is -0.0800. The molecule has 2 nitrogen and oxygen atoms in total. The molecule has 116 valence electrons. The van der Waals surface area contributed by atoms with Gasteiger partial charge in [0.2, 0.25) is 0 Å². The minimum Gasteiger partial charge on any atom is -0.377 e. The zero-order valence-corrected chi connectivity index (χ0v) is 13.8. The fourth-order valence-corrected chi connectivity index (χ4v) is 2.63. The molecule has 2 heteroatoms. The number of rotatable bonds is 14. The summed E-state index contributed by atoms with van der Waals surface area (Å²) in [4.78, 5) is 0. The predicted molar refractivity (Wildman–Crippen MR) is 85.8 cm³/mol. The highest BCUT2D eigenvalue weighted by molar-refractivity contribution is 4.75. The topological polar surface area (TPSA) is 21.3 Å². The van der Waals surface area contributed by atoms with Crippen LogP contribution >= 0.6 is 0 Å². The fraction of sp³-hybridized carbons (Fsp3) is 1.00. The second-order valence-corrected chi connectivity index (χ2v) is 5.54. The van der Waals surface area contributed by atoms with E-state index >= 15 is 0 Å². The van der Waals surface area contributed by atoms with Crippen LogP contribution in [0.15, 0.2) is 0 Å². The molecular formula is C17H37NO. The molecule has 0 aliphatic rings. The average Bonchev–Trinajstić information content (AvgIpc) is 2.42. The fourth-order valence-electron chi connectivity index (χ4n) is 2.63. The zero-order chi connectivity index (χ0) is 14.3. The number of ether oxygens (including phenoxy) is 1. The van der Waals surface area contributed by atoms with Crippen LogP contribution in [0.4, 0.5) is 0 Å². The van der Waals surface area contributed by atoms with Crippen LogP contribution < -0.4 is 5.32 Å². The Morgan fingerprint density at radius 1 is 0.842 bits per heavy atom. The molecule has 0 saturated carbocycles. The van der Waals surface area contributed by atoms with Crippen molar-refractivity contribution in [3.05, 3.63) is 0 Å². The molecule has 0 aliphatic heterocycles. The van der Waals surface area contributed by atoms with Gasteiger partial charge in [-0.2, -0.15) is 0 Å². The first kappa shape index (κ1) is 18.9. The van der Waals surface area contributed by atoms with Crippen molar-refractivity contribution in [2.45, 2.75) is 97.6 Å². The molecule has 0 aromatic rings. The first-order chi connectivity index (χ1) is 9.29. The van der Waals surface area contributed by atoms with Gasteiger partial charge in [-0.3, -0.25) is 0 Å². The summed E-state index contributed by atoms with van der Waals surface area (Å²) < 4.78 is 6.10. The van der Waals surface area contributed by atoms with E-state index in [9.17, 15) is 0 Å². The van der Waals surface area contributed by atoms with E-state index in [2.05, 4.69) is 33.0 Å². The van der Waals surface area contributed by atoms with Gasteiger partial charge in [0, 0.05) is 12.6 Å². The van der Waals surface area contributed by atoms with Crippen LogP contribution in [0.2, 0.25) is 0 Å². The lowest BCUT2D eigenvalue weighted by Crippen LogP contribution is -2.41. The van der Waals surface area contributed by atoms with Crippen molar-refractivity contribution in [1.82, 2.24) is 5.32 Å². The van der Waals surface area contributed by atoms with Gasteiger partial charge >= 0.3 is 0 Å². The molecule has 0 heterocycles. The molecule has 19 heavy (non-hydrogen) atoms. The molecule has 0 aromatic carbocycles. The van der Waals surface area contributed by atoms with Crippen LogP contribution in [0, 0.1) is 0 Å². The van der Waals surface area contributed by atoms with Crippen LogP contribution in [-0.2, 0) is 4.74 Å². The van der Waals surface area contributed by atoms with Crippen molar-refractivity contribution in [3.8, 4) is 0 Å². The largest absolute Gasteiger partial charge is 0.377 e. The molecular weight excluding hydrogens is 234 g/mol. The van der Waals surface area contributed by atoms with E-state index in [4.69, 9.17) is 4.74 Å². The van der Waals surface area contributed by atoms with Gasteiger partial charge < -0.3 is 10.1 Å². The Morgan fingerprint density at radius 2 is 1.53 bits per heavy atom. The number of nitrogens with one attached hydrogen (secondary N) is 1. The van der Waals surface area contributed by atoms with Gasteiger partial charge in [-0.15, -0.1) is 0 Å². The molecule has 0 saturated heterocycles. The van der Waals surface area contributed by atoms with Crippen molar-refractivity contribution in [2.75, 3.05) is 13.2 Å². The number of unbranched alkanes of at least 4 members (excludes halogenated alkanes) is 5. The van der Waals surface area contributed by atoms with Crippen molar-refractivity contribution < 1.29 is 4.74 Å². The van der Waals surface area contributed by atoms with Gasteiger partial charge in [0.05, 0.1) is 6.10 Å². The lowest BCUT2D eigenvalue weighted by atomic mass is 10.0. The summed E-state index contributed by atoms with van der Waals surface area (Å²) in [6.45, 7) is 10.9. The van der Waals surface area contributed by atoms with Crippen molar-refractivity contribution in [3.63, 3.8) is 0 Å². The van der Waals surface area contributed by atoms with E-state index in [1.165, 1.54) is 51.4 Å². The summed E-state index contributed by atoms with van der Waals surface area (Å²) in [6.07, 6.45) is 12.0. The normalized spacial score (nSPS) is 14.5. The maximum atomic E-state index is 6.10. The Bertz CT molecular complexity index is 167. The molecule has 2 atom stereocenters. The molecule has 0 spiro atoms. The summed E-state index contributed by atoms with van der Waals surface area (Å²) in [5.41, 5.74) is 0. The number of hydrogen-bond acceptors (Lipinski definition) is 2. The monoisotopic (exact) mass is 271 g/mol. The van der Waals surface area contributed by atoms with Gasteiger partial charge in [-0.25, -0.2) is 0 Å². The highest BCUT2D eigenvalue weighted by Crippen LogP contribution is 2.12. The lowest BCUT2D eigenvalue weighted by Gasteiger charge is -2.27. The Balaban J connectivity index is 3.71. The lowest BCUT2D eigenvalue weighted by molar-refractivity contribution is 0.0198. The summed E-state index contributed by atoms with van der Waals surface area (Å²) >= 11 is 0. The third-order valence-electron chi connectivity index (χ3n) is 3.75. The maximum Gasteiger partial charge on any atom is 0.0725 e. The number of hydrogen-bond donors (Lipinski definition) is 1. The van der Waals surface area contributed by atoms with E-state index < -0.39 is 0 Å². The second-order valence-electron chi connectivity index (χ2n) is 5.54. The van der Waals surface area contributed by atoms with Gasteiger partial charge in [-0.05, 0) is 25.8 Å². The molecule has 0 fully saturated rings. The van der Waals surface area contributed by atoms with Gasteiger partial charge in [0.25, 0.3) is 0 Å². The van der Waals surface area contributed by atoms with E-state index in [-0.39, 0.29) is 0 Å². The van der Waals surface area contributed by atoms with E-state index in [1.807, 2.05) is 0 Å². The van der Waals surface area contributed by atoms with Crippen molar-refractivity contribution in [2.24, 2.45) is 0 Å². The Labute approximate surface area is 121 Å². The van der Waals surface area contributed by atoms with Crippen LogP contribution in [0.3, 0.4) is 0 Å². The summed E-state index contributed by atoms with van der Waals surface area (Å²) in [5, 5.41) is 3.58. The van der Waals surface area contributed by atoms with Gasteiger partial charge in [0.1, 0.15) is 0 Å². The van der Waals surface area contributed by atoms with Gasteiger partial charge in [0.15, 0.2) is 0 Å². The first-order valence-electron chi connectivity index (χ1n) is 8.64. The third-order valence-corrected chi connectivity index (χ3v) is 3.75. The summed E-state index contributed by atoms with van der Waals surface area (Å²) in [5.74, 6) is 0. The molecule has 2 unspecified atom stereocenters. The van der Waals surface area contributed by atoms with E-state index in [0.717, 1.165) is 19.6 Å². The van der Waals surface area contributed by atoms with Crippen molar-refractivity contribution >= 4 is 0 Å². The van der Waals surface area contributed by atoms with Crippen LogP contribution in [0.5, 0.6) is 0 Å². The minimum absolute atomic E-state index is 0.399. The van der Waals surface area contributed by atoms with Crippen LogP contribution in [0.25, 0.3) is 0 Å². The molecule has 0 bridgehead atoms. The maximum absolute atomic E-state index is 6.10. The molecule has 0 rings (SSSR count). The Morgan fingerprint density at radius 3 is 2.11 bits per heavy atom. The first-order valence-corrected chi connectivity index (χ1v) is 8.64. The van der Waals surface area contributed by atoms with Crippen LogP contribution in [-0.4, -0.2) is 25.3 Å². The average molecular weight is 271 g/mol. The minimum atomic E-state index is 0.399. The summed E-state index contributed by atoms with van der Waals surface area (Å²) in [6, 6.07) is 0.542. The predicted octanol–water partition coefficient (Wildman–Crippen LogP) is 4.92. The highest BCUT2D eigenvalue weighted by Gasteiger charge is 2.18. The van der Waals surface area contributed by atoms with Gasteiger partial charge in [-0.1, -0.05) is 66.2 Å². The zero-order valence-electron chi connectivity index (χ0n) is 13.8. The molecule has 0 aromatic heterocycles. The highest BCUT2D eigenvalue weighted by atomic mass is 16.5. The molecule has 0 aliphatic carbocycles. The van der Waals surface area contributed by atoms with Crippen molar-refractivity contribution in [1.29, 1.82) is 0 Å². The number of likely N-dealkylation sites (N-methyl/N-ethyl adjacent to an activating group) is 1. The van der Waals surface area contributed by atoms with Crippen LogP contribution in [0.1, 0.15) is 85.5 Å². The second kappa shape index (κ2) is 14.3. The van der Waals surface area contributed by atoms with E-state index in [0.29, 0.717) is 12.1 Å². The standard InChI is InChI=1S/C17H37NO/c1-5-9-10-11-12-13-15-19-17(7-3)16(14-6-2)18-8-4/h16-18H,5-15H2,1-4H3. The third kappa shape index (κ3) is 10.4. The quantitative estimate of drug-likeness (QED) is 0.453. The smallest absolute Gasteiger partial charge is 0.0725 e. The molecule has 0 amide bonds. The SMILES string of the molecule is CCCCCCCCOC(CC)C(CCC)NCC. The summed E-state index contributed by atoms with van der Waals surface area (Å²) in [7, 11) is 0. The Kier molecular flexibility index (Phi) is 14.3. The molecule has 1 N–H and O–H groups in total. The molecule has 0 radical (unpaired) electrons. The van der Waals surface area contributed by atoms with E-state index in [1.54, 1.807) is 0 Å².